The van der Waals surface area contributed by atoms with E-state index in [4.69, 9.17) is 16.3 Å². The highest BCUT2D eigenvalue weighted by molar-refractivity contribution is 6.30. The number of quaternary nitrogens is 1. The van der Waals surface area contributed by atoms with Gasteiger partial charge in [-0.05, 0) is 49.2 Å². The first-order valence-corrected chi connectivity index (χ1v) is 10.4. The first-order valence-electron chi connectivity index (χ1n) is 9.99. The lowest BCUT2D eigenvalue weighted by molar-refractivity contribution is -0.671. The van der Waals surface area contributed by atoms with Gasteiger partial charge < -0.3 is 10.1 Å². The van der Waals surface area contributed by atoms with Crippen molar-refractivity contribution in [1.29, 1.82) is 0 Å². The molecule has 3 aromatic rings. The van der Waals surface area contributed by atoms with E-state index in [1.807, 2.05) is 12.1 Å². The van der Waals surface area contributed by atoms with Crippen LogP contribution in [0.25, 0.3) is 0 Å². The van der Waals surface area contributed by atoms with E-state index in [1.54, 1.807) is 0 Å². The maximum absolute atomic E-state index is 5.97. The van der Waals surface area contributed by atoms with Crippen LogP contribution in [0.15, 0.2) is 78.9 Å². The second kappa shape index (κ2) is 10.3. The van der Waals surface area contributed by atoms with Crippen molar-refractivity contribution < 1.29 is 10.1 Å². The van der Waals surface area contributed by atoms with Gasteiger partial charge in [0, 0.05) is 22.9 Å². The third-order valence-corrected chi connectivity index (χ3v) is 5.06. The van der Waals surface area contributed by atoms with Crippen LogP contribution in [0.2, 0.25) is 5.02 Å². The van der Waals surface area contributed by atoms with E-state index in [1.165, 1.54) is 16.7 Å². The van der Waals surface area contributed by atoms with E-state index in [0.29, 0.717) is 5.92 Å². The van der Waals surface area contributed by atoms with Gasteiger partial charge in [-0.1, -0.05) is 66.2 Å². The highest BCUT2D eigenvalue weighted by atomic mass is 35.5. The molecule has 3 rings (SSSR count). The van der Waals surface area contributed by atoms with Crippen LogP contribution in [0, 0.1) is 0 Å². The summed E-state index contributed by atoms with van der Waals surface area (Å²) in [7, 11) is 0. The highest BCUT2D eigenvalue weighted by Gasteiger charge is 2.15. The molecule has 146 valence electrons. The number of hydrogen-bond acceptors (Lipinski definition) is 1. The summed E-state index contributed by atoms with van der Waals surface area (Å²) in [4.78, 5) is 0. The smallest absolute Gasteiger partial charge is 0.119 e. The summed E-state index contributed by atoms with van der Waals surface area (Å²) < 4.78 is 5.79. The summed E-state index contributed by atoms with van der Waals surface area (Å²) in [6.45, 7) is 6.14. The SMILES string of the molecule is CC(C)Oc1ccc([C@H](CC[NH2+]Cc2ccc(Cl)cc2)c2ccccc2)cc1. The molecule has 0 aliphatic rings. The van der Waals surface area contributed by atoms with Gasteiger partial charge in [0.2, 0.25) is 0 Å². The Bertz CT molecular complexity index is 829. The molecule has 0 spiro atoms. The van der Waals surface area contributed by atoms with Crippen molar-refractivity contribution >= 4 is 11.6 Å². The minimum atomic E-state index is 0.193. The number of ether oxygens (including phenoxy) is 1. The first-order chi connectivity index (χ1) is 13.6. The molecule has 0 fully saturated rings. The van der Waals surface area contributed by atoms with E-state index in [9.17, 15) is 0 Å². The Hall–Kier alpha value is -2.29. The Balaban J connectivity index is 1.65. The van der Waals surface area contributed by atoms with E-state index in [2.05, 4.69) is 85.9 Å². The minimum absolute atomic E-state index is 0.193. The molecule has 2 nitrogen and oxygen atoms in total. The molecule has 0 unspecified atom stereocenters. The van der Waals surface area contributed by atoms with Crippen LogP contribution in [0.1, 0.15) is 42.9 Å². The van der Waals surface area contributed by atoms with Crippen molar-refractivity contribution in [2.75, 3.05) is 6.54 Å². The Labute approximate surface area is 173 Å². The maximum atomic E-state index is 5.97. The number of rotatable bonds is 9. The van der Waals surface area contributed by atoms with Crippen molar-refractivity contribution in [3.63, 3.8) is 0 Å². The highest BCUT2D eigenvalue weighted by Crippen LogP contribution is 2.29. The molecule has 0 amide bonds. The van der Waals surface area contributed by atoms with Crippen molar-refractivity contribution in [2.24, 2.45) is 0 Å². The summed E-state index contributed by atoms with van der Waals surface area (Å²) in [5, 5.41) is 3.16. The summed E-state index contributed by atoms with van der Waals surface area (Å²) in [5.74, 6) is 1.32. The van der Waals surface area contributed by atoms with Gasteiger partial charge in [0.15, 0.2) is 0 Å². The van der Waals surface area contributed by atoms with Crippen LogP contribution < -0.4 is 10.1 Å². The number of halogens is 1. The molecule has 0 saturated heterocycles. The molecule has 28 heavy (non-hydrogen) atoms. The minimum Gasteiger partial charge on any atom is -0.491 e. The van der Waals surface area contributed by atoms with Crippen molar-refractivity contribution in [3.05, 3.63) is 101 Å². The Morgan fingerprint density at radius 1 is 0.821 bits per heavy atom. The average Bonchev–Trinajstić information content (AvgIpc) is 2.70. The van der Waals surface area contributed by atoms with Crippen LogP contribution >= 0.6 is 11.6 Å². The van der Waals surface area contributed by atoms with Gasteiger partial charge in [-0.15, -0.1) is 0 Å². The van der Waals surface area contributed by atoms with E-state index >= 15 is 0 Å². The largest absolute Gasteiger partial charge is 0.491 e. The van der Waals surface area contributed by atoms with Crippen molar-refractivity contribution in [1.82, 2.24) is 0 Å². The van der Waals surface area contributed by atoms with Gasteiger partial charge >= 0.3 is 0 Å². The van der Waals surface area contributed by atoms with Crippen LogP contribution in [0.5, 0.6) is 5.75 Å². The lowest BCUT2D eigenvalue weighted by Crippen LogP contribution is -2.82. The standard InChI is InChI=1S/C25H28ClNO/c1-19(2)28-24-14-10-22(11-15-24)25(21-6-4-3-5-7-21)16-17-27-18-20-8-12-23(26)13-9-20/h3-15,19,25,27H,16-18H2,1-2H3/p+1/t25-/m1/s1. The maximum Gasteiger partial charge on any atom is 0.119 e. The molecule has 3 aromatic carbocycles. The molecular formula is C25H29ClNO+. The van der Waals surface area contributed by atoms with Gasteiger partial charge in [0.05, 0.1) is 12.6 Å². The monoisotopic (exact) mass is 394 g/mol. The molecule has 0 radical (unpaired) electrons. The van der Waals surface area contributed by atoms with Gasteiger partial charge in [0.1, 0.15) is 12.3 Å². The second-order valence-corrected chi connectivity index (χ2v) is 7.83. The summed E-state index contributed by atoms with van der Waals surface area (Å²) in [5.41, 5.74) is 4.00. The van der Waals surface area contributed by atoms with Crippen molar-refractivity contribution in [3.8, 4) is 5.75 Å². The summed E-state index contributed by atoms with van der Waals surface area (Å²) >= 11 is 5.97. The molecule has 0 aliphatic heterocycles. The number of benzene rings is 3. The molecule has 2 N–H and O–H groups in total. The Morgan fingerprint density at radius 3 is 2.11 bits per heavy atom. The molecule has 1 atom stereocenters. The zero-order valence-corrected chi connectivity index (χ0v) is 17.4. The second-order valence-electron chi connectivity index (χ2n) is 7.40. The van der Waals surface area contributed by atoms with Crippen LogP contribution in [0.4, 0.5) is 0 Å². The molecular weight excluding hydrogens is 366 g/mol. The van der Waals surface area contributed by atoms with Crippen LogP contribution in [0.3, 0.4) is 0 Å². The lowest BCUT2D eigenvalue weighted by Gasteiger charge is -2.18. The summed E-state index contributed by atoms with van der Waals surface area (Å²) in [6, 6.07) is 27.5. The third kappa shape index (κ3) is 6.12. The molecule has 0 heterocycles. The molecule has 0 saturated carbocycles. The molecule has 3 heteroatoms. The van der Waals surface area contributed by atoms with E-state index < -0.39 is 0 Å². The first kappa shape index (κ1) is 20.4. The Kier molecular flexibility index (Phi) is 7.53. The summed E-state index contributed by atoms with van der Waals surface area (Å²) in [6.07, 6.45) is 1.28. The number of nitrogens with two attached hydrogens (primary N) is 1. The molecule has 0 aliphatic carbocycles. The van der Waals surface area contributed by atoms with Gasteiger partial charge in [-0.3, -0.25) is 0 Å². The fraction of sp³-hybridized carbons (Fsp3) is 0.280. The van der Waals surface area contributed by atoms with Crippen LogP contribution in [-0.4, -0.2) is 12.6 Å². The third-order valence-electron chi connectivity index (χ3n) is 4.81. The lowest BCUT2D eigenvalue weighted by atomic mass is 9.88. The predicted molar refractivity (Wildman–Crippen MR) is 117 cm³/mol. The fourth-order valence-corrected chi connectivity index (χ4v) is 3.56. The fourth-order valence-electron chi connectivity index (χ4n) is 3.44. The molecule has 0 bridgehead atoms. The van der Waals surface area contributed by atoms with Crippen molar-refractivity contribution in [2.45, 2.75) is 38.8 Å². The quantitative estimate of drug-likeness (QED) is 0.482. The van der Waals surface area contributed by atoms with Gasteiger partial charge in [-0.2, -0.15) is 0 Å². The van der Waals surface area contributed by atoms with Crippen LogP contribution in [-0.2, 0) is 6.54 Å². The zero-order valence-electron chi connectivity index (χ0n) is 16.6. The normalized spacial score (nSPS) is 12.1. The number of hydrogen-bond donors (Lipinski definition) is 1. The zero-order chi connectivity index (χ0) is 19.8. The van der Waals surface area contributed by atoms with Gasteiger partial charge in [-0.25, -0.2) is 0 Å². The van der Waals surface area contributed by atoms with Gasteiger partial charge in [0.25, 0.3) is 0 Å². The molecule has 0 aromatic heterocycles. The van der Waals surface area contributed by atoms with E-state index in [0.717, 1.165) is 30.3 Å². The topological polar surface area (TPSA) is 25.8 Å². The average molecular weight is 395 g/mol. The van der Waals surface area contributed by atoms with E-state index in [-0.39, 0.29) is 6.10 Å². The Morgan fingerprint density at radius 2 is 1.46 bits per heavy atom. The predicted octanol–water partition coefficient (Wildman–Crippen LogP) is 5.41.